The summed E-state index contributed by atoms with van der Waals surface area (Å²) in [5.74, 6) is 0.944. The summed E-state index contributed by atoms with van der Waals surface area (Å²) >= 11 is 0. The monoisotopic (exact) mass is 94.1 g/mol. The van der Waals surface area contributed by atoms with Crippen LogP contribution in [-0.4, -0.2) is 8.05 Å². The van der Waals surface area contributed by atoms with E-state index in [0.29, 0.717) is 0 Å². The molecule has 36 valence electrons. The Bertz CT molecular complexity index is 88.1. The quantitative estimate of drug-likeness (QED) is 0.443. The van der Waals surface area contributed by atoms with Crippen molar-refractivity contribution in [3.8, 4) is 0 Å². The third kappa shape index (κ3) is 0.984. The Kier molecular flexibility index (Phi) is 1.40. The molecule has 0 bridgehead atoms. The van der Waals surface area contributed by atoms with Crippen LogP contribution in [0.3, 0.4) is 0 Å². The van der Waals surface area contributed by atoms with E-state index in [9.17, 15) is 0 Å². The zero-order valence-electron chi connectivity index (χ0n) is 4.18. The van der Waals surface area contributed by atoms with E-state index in [1.807, 2.05) is 6.08 Å². The summed E-state index contributed by atoms with van der Waals surface area (Å²) in [5, 5.41) is 0. The van der Waals surface area contributed by atoms with Gasteiger partial charge in [0.1, 0.15) is 0 Å². The van der Waals surface area contributed by atoms with Gasteiger partial charge in [-0.25, -0.2) is 0 Å². The summed E-state index contributed by atoms with van der Waals surface area (Å²) in [6, 6.07) is 0. The molecule has 0 aliphatic heterocycles. The Balaban J connectivity index is 2.36. The first-order valence-electron chi connectivity index (χ1n) is 2.49. The van der Waals surface area contributed by atoms with Crippen LogP contribution in [0.1, 0.15) is 19.3 Å². The minimum Gasteiger partial charge on any atom is -0.571 e. The molecule has 0 fully saturated rings. The van der Waals surface area contributed by atoms with Gasteiger partial charge in [0.05, 0.1) is 5.76 Å². The third-order valence-electron chi connectivity index (χ3n) is 1.15. The Morgan fingerprint density at radius 2 is 2.57 bits per heavy atom. The topological polar surface area (TPSA) is 9.23 Å². The molecule has 0 amide bonds. The van der Waals surface area contributed by atoms with Crippen molar-refractivity contribution in [2.45, 2.75) is 19.3 Å². The van der Waals surface area contributed by atoms with Gasteiger partial charge in [-0.05, 0) is 18.9 Å². The lowest BCUT2D eigenvalue weighted by Gasteiger charge is -1.95. The summed E-state index contributed by atoms with van der Waals surface area (Å²) in [6.45, 7) is 0. The van der Waals surface area contributed by atoms with Crippen molar-refractivity contribution >= 4 is 8.05 Å². The van der Waals surface area contributed by atoms with Gasteiger partial charge in [0.25, 0.3) is 0 Å². The minimum absolute atomic E-state index is 0.944. The molecule has 1 nitrogen and oxygen atoms in total. The fraction of sp³-hybridized carbons (Fsp3) is 0.600. The molecule has 0 saturated carbocycles. The molecule has 0 aromatic carbocycles. The first kappa shape index (κ1) is 4.76. The molecule has 1 rings (SSSR count). The zero-order valence-corrected chi connectivity index (χ0v) is 4.18. The molecule has 2 heteroatoms. The highest BCUT2D eigenvalue weighted by molar-refractivity contribution is 5.98. The molecular formula is C5H7BO. The third-order valence-corrected chi connectivity index (χ3v) is 1.15. The summed E-state index contributed by atoms with van der Waals surface area (Å²) in [6.07, 6.45) is 5.38. The van der Waals surface area contributed by atoms with Crippen molar-refractivity contribution in [2.75, 3.05) is 0 Å². The maximum atomic E-state index is 4.87. The van der Waals surface area contributed by atoms with E-state index in [4.69, 9.17) is 8.05 Å². The molecule has 0 spiro atoms. The molecule has 2 radical (unpaired) electrons. The largest absolute Gasteiger partial charge is 0.571 e. The van der Waals surface area contributed by atoms with E-state index in [2.05, 4.69) is 4.65 Å². The van der Waals surface area contributed by atoms with Crippen LogP contribution in [0.5, 0.6) is 0 Å². The lowest BCUT2D eigenvalue weighted by Crippen LogP contribution is -1.79. The van der Waals surface area contributed by atoms with Gasteiger partial charge in [-0.1, -0.05) is 0 Å². The second-order valence-electron chi connectivity index (χ2n) is 1.68. The minimum atomic E-state index is 0.944. The van der Waals surface area contributed by atoms with Gasteiger partial charge in [-0.2, -0.15) is 0 Å². The van der Waals surface area contributed by atoms with Crippen LogP contribution in [0.4, 0.5) is 0 Å². The second kappa shape index (κ2) is 2.06. The Labute approximate surface area is 44.8 Å². The van der Waals surface area contributed by atoms with E-state index < -0.39 is 0 Å². The van der Waals surface area contributed by atoms with Crippen LogP contribution in [0.25, 0.3) is 0 Å². The standard InChI is InChI=1S/C5H7BO/c6-7-5-3-1-2-4-5/h3H,1-2,4H2. The highest BCUT2D eigenvalue weighted by Gasteiger charge is 2.00. The lowest BCUT2D eigenvalue weighted by molar-refractivity contribution is 0.453. The van der Waals surface area contributed by atoms with Crippen LogP contribution in [0.2, 0.25) is 0 Å². The summed E-state index contributed by atoms with van der Waals surface area (Å²) in [5.41, 5.74) is 0. The molecule has 0 N–H and O–H groups in total. The molecule has 1 aliphatic rings. The first-order valence-corrected chi connectivity index (χ1v) is 2.49. The van der Waals surface area contributed by atoms with Crippen LogP contribution in [-0.2, 0) is 4.65 Å². The highest BCUT2D eigenvalue weighted by Crippen LogP contribution is 2.16. The molecule has 0 saturated heterocycles. The molecule has 0 atom stereocenters. The van der Waals surface area contributed by atoms with Crippen molar-refractivity contribution in [1.29, 1.82) is 0 Å². The van der Waals surface area contributed by atoms with Gasteiger partial charge in [-0.3, -0.25) is 0 Å². The van der Waals surface area contributed by atoms with E-state index in [1.54, 1.807) is 0 Å². The maximum Gasteiger partial charge on any atom is 0.373 e. The van der Waals surface area contributed by atoms with Gasteiger partial charge in [0.2, 0.25) is 0 Å². The van der Waals surface area contributed by atoms with Gasteiger partial charge >= 0.3 is 8.05 Å². The number of hydrogen-bond acceptors (Lipinski definition) is 1. The average molecular weight is 93.9 g/mol. The Hall–Kier alpha value is -0.395. The van der Waals surface area contributed by atoms with Crippen molar-refractivity contribution in [3.63, 3.8) is 0 Å². The van der Waals surface area contributed by atoms with Crippen LogP contribution in [0.15, 0.2) is 11.8 Å². The molecule has 0 aromatic heterocycles. The fourth-order valence-electron chi connectivity index (χ4n) is 0.748. The van der Waals surface area contributed by atoms with Gasteiger partial charge in [0.15, 0.2) is 0 Å². The first-order chi connectivity index (χ1) is 3.43. The summed E-state index contributed by atoms with van der Waals surface area (Å²) < 4.78 is 4.47. The number of rotatable bonds is 1. The van der Waals surface area contributed by atoms with Gasteiger partial charge in [0, 0.05) is 6.42 Å². The van der Waals surface area contributed by atoms with Crippen molar-refractivity contribution in [1.82, 2.24) is 0 Å². The normalized spacial score (nSPS) is 19.1. The smallest absolute Gasteiger partial charge is 0.373 e. The van der Waals surface area contributed by atoms with Crippen molar-refractivity contribution < 1.29 is 4.65 Å². The summed E-state index contributed by atoms with van der Waals surface area (Å²) in [7, 11) is 4.87. The molecule has 0 unspecified atom stereocenters. The Morgan fingerprint density at radius 3 is 2.86 bits per heavy atom. The lowest BCUT2D eigenvalue weighted by atomic mass is 10.3. The summed E-state index contributed by atoms with van der Waals surface area (Å²) in [4.78, 5) is 0. The number of allylic oxidation sites excluding steroid dienone is 2. The van der Waals surface area contributed by atoms with Crippen LogP contribution in [0, 0.1) is 0 Å². The molecule has 1 aliphatic carbocycles. The highest BCUT2D eigenvalue weighted by atomic mass is 16.4. The maximum absolute atomic E-state index is 4.87. The molecule has 0 heterocycles. The molecule has 7 heavy (non-hydrogen) atoms. The second-order valence-corrected chi connectivity index (χ2v) is 1.68. The predicted octanol–water partition coefficient (Wildman–Crippen LogP) is 1.15. The van der Waals surface area contributed by atoms with E-state index >= 15 is 0 Å². The zero-order chi connectivity index (χ0) is 5.11. The van der Waals surface area contributed by atoms with Crippen LogP contribution >= 0.6 is 0 Å². The SMILES string of the molecule is [B]OC1=CCCC1. The predicted molar refractivity (Wildman–Crippen MR) is 28.8 cm³/mol. The van der Waals surface area contributed by atoms with Crippen molar-refractivity contribution in [2.24, 2.45) is 0 Å². The van der Waals surface area contributed by atoms with E-state index in [-0.39, 0.29) is 0 Å². The average Bonchev–Trinajstić information content (AvgIpc) is 2.14. The van der Waals surface area contributed by atoms with E-state index in [0.717, 1.165) is 18.6 Å². The number of hydrogen-bond donors (Lipinski definition) is 0. The Morgan fingerprint density at radius 1 is 1.71 bits per heavy atom. The molecular weight excluding hydrogens is 86.9 g/mol. The van der Waals surface area contributed by atoms with Gasteiger partial charge < -0.3 is 4.65 Å². The molecule has 0 aromatic rings. The van der Waals surface area contributed by atoms with Crippen molar-refractivity contribution in [3.05, 3.63) is 11.8 Å². The van der Waals surface area contributed by atoms with Crippen LogP contribution < -0.4 is 0 Å². The van der Waals surface area contributed by atoms with E-state index in [1.165, 1.54) is 6.42 Å². The van der Waals surface area contributed by atoms with Gasteiger partial charge in [-0.15, -0.1) is 0 Å². The fourth-order valence-corrected chi connectivity index (χ4v) is 0.748.